The van der Waals surface area contributed by atoms with Crippen molar-refractivity contribution in [3.05, 3.63) is 36.5 Å². The zero-order chi connectivity index (χ0) is 13.2. The molecular formula is C17H22N2. The van der Waals surface area contributed by atoms with E-state index in [1.54, 1.807) is 0 Å². The van der Waals surface area contributed by atoms with Crippen molar-refractivity contribution < 1.29 is 0 Å². The van der Waals surface area contributed by atoms with Gasteiger partial charge in [-0.05, 0) is 36.8 Å². The van der Waals surface area contributed by atoms with E-state index >= 15 is 0 Å². The molecule has 3 atom stereocenters. The van der Waals surface area contributed by atoms with Crippen molar-refractivity contribution in [2.24, 2.45) is 11.8 Å². The van der Waals surface area contributed by atoms with Gasteiger partial charge >= 0.3 is 0 Å². The van der Waals surface area contributed by atoms with Gasteiger partial charge in [0.25, 0.3) is 0 Å². The lowest BCUT2D eigenvalue weighted by Crippen LogP contribution is -2.33. The third-order valence-corrected chi connectivity index (χ3v) is 4.43. The maximum absolute atomic E-state index is 4.53. The van der Waals surface area contributed by atoms with E-state index in [1.165, 1.54) is 30.3 Å². The highest BCUT2D eigenvalue weighted by atomic mass is 14.9. The smallest absolute Gasteiger partial charge is 0.0933 e. The number of rotatable bonds is 2. The van der Waals surface area contributed by atoms with Crippen molar-refractivity contribution in [1.29, 1.82) is 0 Å². The van der Waals surface area contributed by atoms with Gasteiger partial charge in [-0.1, -0.05) is 38.5 Å². The number of hydrogen-bond acceptors (Lipinski definition) is 2. The highest BCUT2D eigenvalue weighted by Crippen LogP contribution is 2.32. The predicted octanol–water partition coefficient (Wildman–Crippen LogP) is 4.47. The zero-order valence-electron chi connectivity index (χ0n) is 11.8. The molecule has 0 amide bonds. The zero-order valence-corrected chi connectivity index (χ0v) is 11.8. The molecule has 1 N–H and O–H groups in total. The number of pyridine rings is 1. The summed E-state index contributed by atoms with van der Waals surface area (Å²) < 4.78 is 0. The largest absolute Gasteiger partial charge is 0.380 e. The third-order valence-electron chi connectivity index (χ3n) is 4.43. The van der Waals surface area contributed by atoms with Crippen LogP contribution in [0.25, 0.3) is 10.9 Å². The van der Waals surface area contributed by atoms with Gasteiger partial charge < -0.3 is 5.32 Å². The van der Waals surface area contributed by atoms with Crippen molar-refractivity contribution >= 4 is 16.6 Å². The Morgan fingerprint density at radius 1 is 1.11 bits per heavy atom. The van der Waals surface area contributed by atoms with Crippen LogP contribution in [0.5, 0.6) is 0 Å². The Hall–Kier alpha value is -1.57. The number of aromatic nitrogens is 1. The summed E-state index contributed by atoms with van der Waals surface area (Å²) in [5.41, 5.74) is 2.28. The van der Waals surface area contributed by atoms with Crippen LogP contribution in [0.15, 0.2) is 36.5 Å². The Balaban J connectivity index is 1.88. The van der Waals surface area contributed by atoms with Crippen molar-refractivity contribution in [2.45, 2.75) is 39.2 Å². The number of benzene rings is 1. The summed E-state index contributed by atoms with van der Waals surface area (Å²) in [6.07, 6.45) is 5.84. The fourth-order valence-electron chi connectivity index (χ4n) is 3.15. The maximum Gasteiger partial charge on any atom is 0.0933 e. The van der Waals surface area contributed by atoms with Gasteiger partial charge in [0.1, 0.15) is 0 Å². The predicted molar refractivity (Wildman–Crippen MR) is 81.3 cm³/mol. The second-order valence-corrected chi connectivity index (χ2v) is 6.03. The van der Waals surface area contributed by atoms with E-state index in [9.17, 15) is 0 Å². The molecule has 1 fully saturated rings. The van der Waals surface area contributed by atoms with E-state index in [0.29, 0.717) is 6.04 Å². The lowest BCUT2D eigenvalue weighted by molar-refractivity contribution is 0.281. The molecule has 1 aromatic carbocycles. The molecule has 1 aliphatic rings. The minimum absolute atomic E-state index is 0.580. The summed E-state index contributed by atoms with van der Waals surface area (Å²) in [6.45, 7) is 4.73. The first kappa shape index (κ1) is 12.5. The van der Waals surface area contributed by atoms with Crippen LogP contribution in [0.1, 0.15) is 33.1 Å². The van der Waals surface area contributed by atoms with Gasteiger partial charge in [0, 0.05) is 17.6 Å². The maximum atomic E-state index is 4.53. The topological polar surface area (TPSA) is 24.9 Å². The molecule has 2 nitrogen and oxygen atoms in total. The van der Waals surface area contributed by atoms with E-state index in [4.69, 9.17) is 0 Å². The highest BCUT2D eigenvalue weighted by molar-refractivity contribution is 5.90. The molecule has 1 aromatic heterocycles. The van der Waals surface area contributed by atoms with E-state index in [-0.39, 0.29) is 0 Å². The Kier molecular flexibility index (Phi) is 3.41. The van der Waals surface area contributed by atoms with Gasteiger partial charge in [-0.15, -0.1) is 0 Å². The van der Waals surface area contributed by atoms with Crippen molar-refractivity contribution in [3.63, 3.8) is 0 Å². The number of fused-ring (bicyclic) bond motifs is 1. The summed E-state index contributed by atoms with van der Waals surface area (Å²) >= 11 is 0. The molecule has 1 saturated carbocycles. The molecule has 100 valence electrons. The summed E-state index contributed by atoms with van der Waals surface area (Å²) in [7, 11) is 0. The summed E-state index contributed by atoms with van der Waals surface area (Å²) in [4.78, 5) is 4.53. The normalized spacial score (nSPS) is 27.4. The van der Waals surface area contributed by atoms with Crippen LogP contribution in [-0.4, -0.2) is 11.0 Å². The number of anilines is 1. The van der Waals surface area contributed by atoms with Crippen LogP contribution in [-0.2, 0) is 0 Å². The van der Waals surface area contributed by atoms with Gasteiger partial charge in [-0.3, -0.25) is 4.98 Å². The quantitative estimate of drug-likeness (QED) is 0.855. The van der Waals surface area contributed by atoms with Crippen LogP contribution >= 0.6 is 0 Å². The lowest BCUT2D eigenvalue weighted by atomic mass is 9.80. The molecule has 2 aromatic rings. The SMILES string of the molecule is CC1CCC(C)C(Nc2cccc3cccnc23)C1. The van der Waals surface area contributed by atoms with Gasteiger partial charge in [0.2, 0.25) is 0 Å². The molecule has 1 aliphatic carbocycles. The molecule has 0 radical (unpaired) electrons. The molecule has 19 heavy (non-hydrogen) atoms. The van der Waals surface area contributed by atoms with Crippen molar-refractivity contribution in [2.75, 3.05) is 5.32 Å². The molecule has 2 heteroatoms. The van der Waals surface area contributed by atoms with Crippen LogP contribution in [0.2, 0.25) is 0 Å². The van der Waals surface area contributed by atoms with Gasteiger partial charge in [-0.25, -0.2) is 0 Å². The first-order valence-corrected chi connectivity index (χ1v) is 7.34. The molecule has 0 aliphatic heterocycles. The average molecular weight is 254 g/mol. The van der Waals surface area contributed by atoms with E-state index in [2.05, 4.69) is 48.4 Å². The fraction of sp³-hybridized carbons (Fsp3) is 0.471. The number of nitrogens with one attached hydrogen (secondary N) is 1. The molecule has 3 rings (SSSR count). The second-order valence-electron chi connectivity index (χ2n) is 6.03. The summed E-state index contributed by atoms with van der Waals surface area (Å²) in [5.74, 6) is 1.58. The number of nitrogens with zero attached hydrogens (tertiary/aromatic N) is 1. The Morgan fingerprint density at radius 3 is 2.84 bits per heavy atom. The van der Waals surface area contributed by atoms with E-state index in [0.717, 1.165) is 17.4 Å². The number of hydrogen-bond donors (Lipinski definition) is 1. The number of para-hydroxylation sites is 1. The first-order valence-electron chi connectivity index (χ1n) is 7.34. The van der Waals surface area contributed by atoms with Crippen LogP contribution in [0.4, 0.5) is 5.69 Å². The minimum atomic E-state index is 0.580. The minimum Gasteiger partial charge on any atom is -0.380 e. The van der Waals surface area contributed by atoms with E-state index in [1.807, 2.05) is 12.3 Å². The Bertz CT molecular complexity index is 559. The second kappa shape index (κ2) is 5.20. The Morgan fingerprint density at radius 2 is 1.95 bits per heavy atom. The van der Waals surface area contributed by atoms with Crippen LogP contribution in [0, 0.1) is 11.8 Å². The lowest BCUT2D eigenvalue weighted by Gasteiger charge is -2.34. The summed E-state index contributed by atoms with van der Waals surface area (Å²) in [5, 5.41) is 4.95. The molecule has 0 saturated heterocycles. The molecule has 1 heterocycles. The molecule has 0 bridgehead atoms. The monoisotopic (exact) mass is 254 g/mol. The average Bonchev–Trinajstić information content (AvgIpc) is 2.43. The van der Waals surface area contributed by atoms with Gasteiger partial charge in [-0.2, -0.15) is 0 Å². The van der Waals surface area contributed by atoms with Gasteiger partial charge in [0.15, 0.2) is 0 Å². The standard InChI is InChI=1S/C17H22N2/c1-12-8-9-13(2)16(11-12)19-15-7-3-5-14-6-4-10-18-17(14)15/h3-7,10,12-13,16,19H,8-9,11H2,1-2H3. The first-order chi connectivity index (χ1) is 9.24. The summed E-state index contributed by atoms with van der Waals surface area (Å²) in [6, 6.07) is 11.1. The highest BCUT2D eigenvalue weighted by Gasteiger charge is 2.25. The van der Waals surface area contributed by atoms with Gasteiger partial charge in [0.05, 0.1) is 11.2 Å². The fourth-order valence-corrected chi connectivity index (χ4v) is 3.15. The molecule has 0 spiro atoms. The molecular weight excluding hydrogens is 232 g/mol. The van der Waals surface area contributed by atoms with Crippen molar-refractivity contribution in [3.8, 4) is 0 Å². The molecule has 3 unspecified atom stereocenters. The van der Waals surface area contributed by atoms with Crippen LogP contribution < -0.4 is 5.32 Å². The Labute approximate surface area is 115 Å². The van der Waals surface area contributed by atoms with Crippen LogP contribution in [0.3, 0.4) is 0 Å². The van der Waals surface area contributed by atoms with Crippen molar-refractivity contribution in [1.82, 2.24) is 4.98 Å². The van der Waals surface area contributed by atoms with E-state index < -0.39 is 0 Å². The third kappa shape index (κ3) is 2.58.